The van der Waals surface area contributed by atoms with E-state index in [4.69, 9.17) is 9.52 Å². The molecule has 0 radical (unpaired) electrons. The van der Waals surface area contributed by atoms with E-state index in [1.54, 1.807) is 0 Å². The normalized spacial score (nSPS) is 10.8. The van der Waals surface area contributed by atoms with E-state index < -0.39 is 23.7 Å². The number of aromatic carboxylic acids is 1. The Bertz CT molecular complexity index is 540. The number of alkyl halides is 2. The van der Waals surface area contributed by atoms with Crippen LogP contribution in [0.15, 0.2) is 29.2 Å². The maximum atomic E-state index is 12.6. The fourth-order valence-electron chi connectivity index (χ4n) is 1.26. The number of nitrogens with zero attached hydrogens (tertiary/aromatic N) is 2. The van der Waals surface area contributed by atoms with Crippen molar-refractivity contribution in [3.63, 3.8) is 0 Å². The van der Waals surface area contributed by atoms with Crippen LogP contribution in [0.4, 0.5) is 8.78 Å². The molecular weight excluding hydrogens is 234 g/mol. The molecule has 2 heterocycles. The highest BCUT2D eigenvalue weighted by atomic mass is 19.3. The number of halogens is 2. The SMILES string of the molecule is O=C(O)c1cnc(-c2ccoc2)nc1C(F)F. The molecule has 17 heavy (non-hydrogen) atoms. The van der Waals surface area contributed by atoms with Crippen molar-refractivity contribution in [2.45, 2.75) is 6.43 Å². The second-order valence-corrected chi connectivity index (χ2v) is 3.11. The van der Waals surface area contributed by atoms with Crippen molar-refractivity contribution >= 4 is 5.97 Å². The Kier molecular flexibility index (Phi) is 2.82. The first kappa shape index (κ1) is 11.2. The van der Waals surface area contributed by atoms with Crippen molar-refractivity contribution in [3.05, 3.63) is 36.0 Å². The standard InChI is InChI=1S/C10H6F2N2O3/c11-8(12)7-6(10(15)16)3-13-9(14-7)5-1-2-17-4-5/h1-4,8H,(H,15,16). The minimum Gasteiger partial charge on any atom is -0.478 e. The maximum Gasteiger partial charge on any atom is 0.339 e. The molecule has 0 aliphatic rings. The summed E-state index contributed by atoms with van der Waals surface area (Å²) in [5, 5.41) is 8.70. The number of carbonyl (C=O) groups is 1. The van der Waals surface area contributed by atoms with Crippen LogP contribution in [0.2, 0.25) is 0 Å². The molecule has 2 rings (SSSR count). The first-order chi connectivity index (χ1) is 8.09. The molecule has 5 nitrogen and oxygen atoms in total. The Balaban J connectivity index is 2.53. The van der Waals surface area contributed by atoms with E-state index in [-0.39, 0.29) is 5.82 Å². The van der Waals surface area contributed by atoms with Gasteiger partial charge in [0.05, 0.1) is 11.8 Å². The first-order valence-electron chi connectivity index (χ1n) is 4.50. The van der Waals surface area contributed by atoms with Crippen LogP contribution in [0.1, 0.15) is 22.5 Å². The van der Waals surface area contributed by atoms with Gasteiger partial charge in [0.15, 0.2) is 5.82 Å². The lowest BCUT2D eigenvalue weighted by Gasteiger charge is -2.05. The van der Waals surface area contributed by atoms with Crippen LogP contribution in [-0.4, -0.2) is 21.0 Å². The van der Waals surface area contributed by atoms with Crippen molar-refractivity contribution in [2.75, 3.05) is 0 Å². The first-order valence-corrected chi connectivity index (χ1v) is 4.50. The van der Waals surface area contributed by atoms with E-state index in [1.165, 1.54) is 18.6 Å². The summed E-state index contributed by atoms with van der Waals surface area (Å²) in [6, 6.07) is 1.49. The van der Waals surface area contributed by atoms with Gasteiger partial charge in [-0.2, -0.15) is 0 Å². The molecule has 0 saturated heterocycles. The van der Waals surface area contributed by atoms with Gasteiger partial charge in [0.2, 0.25) is 0 Å². The summed E-state index contributed by atoms with van der Waals surface area (Å²) in [5.74, 6) is -1.49. The lowest BCUT2D eigenvalue weighted by molar-refractivity contribution is 0.0681. The maximum absolute atomic E-state index is 12.6. The number of rotatable bonds is 3. The number of aromatic nitrogens is 2. The Hall–Kier alpha value is -2.31. The molecule has 0 aliphatic heterocycles. The average molecular weight is 240 g/mol. The van der Waals surface area contributed by atoms with E-state index in [2.05, 4.69) is 9.97 Å². The molecular formula is C10H6F2N2O3. The highest BCUT2D eigenvalue weighted by Gasteiger charge is 2.21. The fraction of sp³-hybridized carbons (Fsp3) is 0.100. The summed E-state index contributed by atoms with van der Waals surface area (Å²) >= 11 is 0. The van der Waals surface area contributed by atoms with Crippen LogP contribution < -0.4 is 0 Å². The van der Waals surface area contributed by atoms with Gasteiger partial charge in [-0.15, -0.1) is 0 Å². The van der Waals surface area contributed by atoms with Gasteiger partial charge >= 0.3 is 5.97 Å². The number of hydrogen-bond acceptors (Lipinski definition) is 4. The molecule has 0 atom stereocenters. The third-order valence-electron chi connectivity index (χ3n) is 2.03. The topological polar surface area (TPSA) is 76.2 Å². The van der Waals surface area contributed by atoms with E-state index >= 15 is 0 Å². The van der Waals surface area contributed by atoms with Gasteiger partial charge < -0.3 is 9.52 Å². The number of carboxylic acids is 1. The number of hydrogen-bond donors (Lipinski definition) is 1. The Morgan fingerprint density at radius 1 is 1.47 bits per heavy atom. The third kappa shape index (κ3) is 2.12. The zero-order valence-corrected chi connectivity index (χ0v) is 8.30. The zero-order chi connectivity index (χ0) is 12.4. The fourth-order valence-corrected chi connectivity index (χ4v) is 1.26. The Labute approximate surface area is 93.7 Å². The van der Waals surface area contributed by atoms with Crippen molar-refractivity contribution in [1.29, 1.82) is 0 Å². The van der Waals surface area contributed by atoms with Gasteiger partial charge in [-0.1, -0.05) is 0 Å². The minimum absolute atomic E-state index is 0.000880. The minimum atomic E-state index is -2.98. The molecule has 0 bridgehead atoms. The lowest BCUT2D eigenvalue weighted by atomic mass is 10.2. The van der Waals surface area contributed by atoms with Gasteiger partial charge in [-0.3, -0.25) is 0 Å². The lowest BCUT2D eigenvalue weighted by Crippen LogP contribution is -2.07. The number of carboxylic acid groups (broad SMARTS) is 1. The smallest absolute Gasteiger partial charge is 0.339 e. The van der Waals surface area contributed by atoms with Crippen LogP contribution >= 0.6 is 0 Å². The third-order valence-corrected chi connectivity index (χ3v) is 2.03. The summed E-state index contributed by atoms with van der Waals surface area (Å²) in [7, 11) is 0. The summed E-state index contributed by atoms with van der Waals surface area (Å²) in [5.41, 5.74) is -1.00. The second kappa shape index (κ2) is 4.28. The molecule has 1 N–H and O–H groups in total. The van der Waals surface area contributed by atoms with Gasteiger partial charge in [-0.05, 0) is 6.07 Å². The Morgan fingerprint density at radius 2 is 2.24 bits per heavy atom. The molecule has 88 valence electrons. The summed E-state index contributed by atoms with van der Waals surface area (Å²) in [6.45, 7) is 0. The van der Waals surface area contributed by atoms with Crippen molar-refractivity contribution in [1.82, 2.24) is 9.97 Å². The van der Waals surface area contributed by atoms with Crippen LogP contribution in [0, 0.1) is 0 Å². The molecule has 0 aromatic carbocycles. The van der Waals surface area contributed by atoms with Gasteiger partial charge in [0.1, 0.15) is 17.5 Å². The molecule has 0 saturated carbocycles. The van der Waals surface area contributed by atoms with Crippen LogP contribution in [-0.2, 0) is 0 Å². The number of furan rings is 1. The van der Waals surface area contributed by atoms with Crippen LogP contribution in [0.25, 0.3) is 11.4 Å². The average Bonchev–Trinajstić information content (AvgIpc) is 2.81. The predicted molar refractivity (Wildman–Crippen MR) is 51.7 cm³/mol. The monoisotopic (exact) mass is 240 g/mol. The van der Waals surface area contributed by atoms with E-state index in [0.29, 0.717) is 5.56 Å². The largest absolute Gasteiger partial charge is 0.478 e. The molecule has 0 fully saturated rings. The van der Waals surface area contributed by atoms with E-state index in [1.807, 2.05) is 0 Å². The molecule has 2 aromatic rings. The molecule has 2 aromatic heterocycles. The summed E-state index contributed by atoms with van der Waals surface area (Å²) in [6.07, 6.45) is 0.505. The Morgan fingerprint density at radius 3 is 2.76 bits per heavy atom. The van der Waals surface area contributed by atoms with Crippen molar-refractivity contribution < 1.29 is 23.1 Å². The molecule has 0 unspecified atom stereocenters. The summed E-state index contributed by atoms with van der Waals surface area (Å²) < 4.78 is 30.0. The highest BCUT2D eigenvalue weighted by Crippen LogP contribution is 2.23. The molecule has 0 spiro atoms. The van der Waals surface area contributed by atoms with Crippen LogP contribution in [0.5, 0.6) is 0 Å². The second-order valence-electron chi connectivity index (χ2n) is 3.11. The van der Waals surface area contributed by atoms with E-state index in [9.17, 15) is 13.6 Å². The predicted octanol–water partition coefficient (Wildman–Crippen LogP) is 2.37. The summed E-state index contributed by atoms with van der Waals surface area (Å²) in [4.78, 5) is 17.9. The molecule has 7 heteroatoms. The van der Waals surface area contributed by atoms with Gasteiger partial charge in [0.25, 0.3) is 6.43 Å². The molecule has 0 aliphatic carbocycles. The zero-order valence-electron chi connectivity index (χ0n) is 8.30. The quantitative estimate of drug-likeness (QED) is 0.891. The van der Waals surface area contributed by atoms with Crippen molar-refractivity contribution in [2.24, 2.45) is 0 Å². The van der Waals surface area contributed by atoms with Gasteiger partial charge in [-0.25, -0.2) is 23.5 Å². The van der Waals surface area contributed by atoms with Gasteiger partial charge in [0, 0.05) is 6.20 Å². The highest BCUT2D eigenvalue weighted by molar-refractivity contribution is 5.88. The van der Waals surface area contributed by atoms with Crippen LogP contribution in [0.3, 0.4) is 0 Å². The molecule has 0 amide bonds. The van der Waals surface area contributed by atoms with Crippen molar-refractivity contribution in [3.8, 4) is 11.4 Å². The van der Waals surface area contributed by atoms with E-state index in [0.717, 1.165) is 6.20 Å².